The van der Waals surface area contributed by atoms with Crippen LogP contribution in [0.2, 0.25) is 0 Å². The highest BCUT2D eigenvalue weighted by Gasteiger charge is 2.29. The summed E-state index contributed by atoms with van der Waals surface area (Å²) < 4.78 is 14.3. The minimum Gasteiger partial charge on any atom is -0.321 e. The Kier molecular flexibility index (Phi) is 3.78. The van der Waals surface area contributed by atoms with Crippen molar-refractivity contribution in [1.82, 2.24) is 5.01 Å². The van der Waals surface area contributed by atoms with E-state index in [0.717, 1.165) is 31.6 Å². The fourth-order valence-electron chi connectivity index (χ4n) is 3.27. The number of carbonyl (C=O) groups excluding carboxylic acids is 1. The van der Waals surface area contributed by atoms with Gasteiger partial charge >= 0.3 is 0 Å². The summed E-state index contributed by atoms with van der Waals surface area (Å²) in [6.45, 7) is 1.84. The lowest BCUT2D eigenvalue weighted by Gasteiger charge is -2.31. The van der Waals surface area contributed by atoms with Crippen molar-refractivity contribution in [3.8, 4) is 0 Å². The normalized spacial score (nSPS) is 18.7. The summed E-state index contributed by atoms with van der Waals surface area (Å²) in [6, 6.07) is 14.6. The highest BCUT2D eigenvalue weighted by molar-refractivity contribution is 6.31. The van der Waals surface area contributed by atoms with Crippen LogP contribution in [0.1, 0.15) is 18.4 Å². The molecule has 2 aliphatic heterocycles. The van der Waals surface area contributed by atoms with Gasteiger partial charge in [0.25, 0.3) is 5.91 Å². The molecule has 1 fully saturated rings. The van der Waals surface area contributed by atoms with Crippen LogP contribution in [0.25, 0.3) is 5.57 Å². The first-order chi connectivity index (χ1) is 11.7. The van der Waals surface area contributed by atoms with Gasteiger partial charge in [0.1, 0.15) is 5.82 Å². The lowest BCUT2D eigenvalue weighted by Crippen LogP contribution is -2.37. The molecule has 2 aliphatic rings. The monoisotopic (exact) mass is 323 g/mol. The Labute approximate surface area is 140 Å². The summed E-state index contributed by atoms with van der Waals surface area (Å²) in [5, 5.41) is 6.91. The summed E-state index contributed by atoms with van der Waals surface area (Å²) in [5.41, 5.74) is 2.20. The molecule has 4 nitrogen and oxygen atoms in total. The molecule has 5 heteroatoms. The van der Waals surface area contributed by atoms with E-state index in [4.69, 9.17) is 0 Å². The van der Waals surface area contributed by atoms with Crippen molar-refractivity contribution >= 4 is 22.9 Å². The zero-order chi connectivity index (χ0) is 16.5. The number of carbonyl (C=O) groups is 1. The molecular formula is C19H18FN3O. The Morgan fingerprint density at radius 2 is 1.79 bits per heavy atom. The Morgan fingerprint density at radius 3 is 2.54 bits per heavy atom. The highest BCUT2D eigenvalue weighted by Crippen LogP contribution is 2.35. The SMILES string of the molecule is O=C1Nc2cccc(F)c2C1=CN(c1ccccc1)N1CCCC1. The lowest BCUT2D eigenvalue weighted by molar-refractivity contribution is -0.110. The summed E-state index contributed by atoms with van der Waals surface area (Å²) in [6.07, 6.45) is 3.98. The number of amides is 1. The Hall–Kier alpha value is -2.66. The molecule has 2 aromatic rings. The van der Waals surface area contributed by atoms with Crippen LogP contribution in [0.5, 0.6) is 0 Å². The predicted octanol–water partition coefficient (Wildman–Crippen LogP) is 3.64. The molecule has 1 saturated heterocycles. The van der Waals surface area contributed by atoms with E-state index < -0.39 is 0 Å². The van der Waals surface area contributed by atoms with E-state index in [2.05, 4.69) is 10.3 Å². The predicted molar refractivity (Wildman–Crippen MR) is 92.7 cm³/mol. The maximum Gasteiger partial charge on any atom is 0.258 e. The van der Waals surface area contributed by atoms with Crippen molar-refractivity contribution in [3.05, 3.63) is 66.1 Å². The van der Waals surface area contributed by atoms with Crippen LogP contribution >= 0.6 is 0 Å². The number of rotatable bonds is 3. The molecule has 0 aliphatic carbocycles. The van der Waals surface area contributed by atoms with Gasteiger partial charge in [0.2, 0.25) is 0 Å². The Bertz CT molecular complexity index is 798. The van der Waals surface area contributed by atoms with E-state index in [-0.39, 0.29) is 11.7 Å². The molecule has 24 heavy (non-hydrogen) atoms. The minimum absolute atomic E-state index is 0.268. The standard InChI is InChI=1S/C19H18FN3O/c20-16-9-6-10-17-18(16)15(19(24)21-17)13-23(22-11-4-5-12-22)14-7-2-1-3-8-14/h1-3,6-10,13H,4-5,11-12H2,(H,21,24). The van der Waals surface area contributed by atoms with E-state index >= 15 is 0 Å². The van der Waals surface area contributed by atoms with E-state index in [1.54, 1.807) is 18.3 Å². The summed E-state index contributed by atoms with van der Waals surface area (Å²) in [7, 11) is 0. The molecule has 0 aromatic heterocycles. The van der Waals surface area contributed by atoms with Crippen LogP contribution in [0.4, 0.5) is 15.8 Å². The van der Waals surface area contributed by atoms with Crippen LogP contribution in [-0.4, -0.2) is 24.0 Å². The van der Waals surface area contributed by atoms with E-state index in [0.29, 0.717) is 16.8 Å². The fraction of sp³-hybridized carbons (Fsp3) is 0.211. The largest absolute Gasteiger partial charge is 0.321 e. The van der Waals surface area contributed by atoms with Crippen molar-refractivity contribution in [1.29, 1.82) is 0 Å². The third-order valence-corrected chi connectivity index (χ3v) is 4.44. The van der Waals surface area contributed by atoms with Crippen molar-refractivity contribution < 1.29 is 9.18 Å². The van der Waals surface area contributed by atoms with Gasteiger partial charge in [-0.25, -0.2) is 9.40 Å². The smallest absolute Gasteiger partial charge is 0.258 e. The molecule has 0 bridgehead atoms. The number of hydrogen-bond acceptors (Lipinski definition) is 3. The number of hydrogen-bond donors (Lipinski definition) is 1. The van der Waals surface area contributed by atoms with E-state index in [1.165, 1.54) is 6.07 Å². The van der Waals surface area contributed by atoms with Crippen molar-refractivity contribution in [2.24, 2.45) is 0 Å². The summed E-state index contributed by atoms with van der Waals surface area (Å²) in [4.78, 5) is 12.4. The van der Waals surface area contributed by atoms with Crippen LogP contribution < -0.4 is 10.3 Å². The van der Waals surface area contributed by atoms with Gasteiger partial charge in [-0.15, -0.1) is 0 Å². The molecule has 0 unspecified atom stereocenters. The number of nitrogens with one attached hydrogen (secondary N) is 1. The average Bonchev–Trinajstić information content (AvgIpc) is 3.22. The number of para-hydroxylation sites is 1. The number of nitrogens with zero attached hydrogens (tertiary/aromatic N) is 2. The van der Waals surface area contributed by atoms with E-state index in [9.17, 15) is 9.18 Å². The quantitative estimate of drug-likeness (QED) is 0.876. The molecule has 4 rings (SSSR count). The highest BCUT2D eigenvalue weighted by atomic mass is 19.1. The van der Waals surface area contributed by atoms with Crippen molar-refractivity contribution in [3.63, 3.8) is 0 Å². The van der Waals surface area contributed by atoms with Crippen LogP contribution in [0.3, 0.4) is 0 Å². The van der Waals surface area contributed by atoms with Gasteiger partial charge in [-0.05, 0) is 37.1 Å². The third-order valence-electron chi connectivity index (χ3n) is 4.44. The number of benzene rings is 2. The zero-order valence-electron chi connectivity index (χ0n) is 13.2. The van der Waals surface area contributed by atoms with Crippen LogP contribution in [0, 0.1) is 5.82 Å². The molecule has 0 saturated carbocycles. The molecule has 1 amide bonds. The number of halogens is 1. The maximum absolute atomic E-state index is 14.3. The second-order valence-electron chi connectivity index (χ2n) is 6.00. The topological polar surface area (TPSA) is 35.6 Å². The molecule has 122 valence electrons. The van der Waals surface area contributed by atoms with Crippen LogP contribution in [-0.2, 0) is 4.79 Å². The summed E-state index contributed by atoms with van der Waals surface area (Å²) >= 11 is 0. The molecule has 1 N–H and O–H groups in total. The second kappa shape index (κ2) is 6.09. The number of hydrazine groups is 1. The van der Waals surface area contributed by atoms with Gasteiger partial charge in [-0.2, -0.15) is 0 Å². The minimum atomic E-state index is -0.383. The lowest BCUT2D eigenvalue weighted by atomic mass is 10.1. The Morgan fingerprint density at radius 1 is 1.04 bits per heavy atom. The first-order valence-corrected chi connectivity index (χ1v) is 8.15. The molecule has 0 radical (unpaired) electrons. The average molecular weight is 323 g/mol. The first kappa shape index (κ1) is 14.9. The third kappa shape index (κ3) is 2.57. The zero-order valence-corrected chi connectivity index (χ0v) is 13.2. The van der Waals surface area contributed by atoms with Crippen LogP contribution in [0.15, 0.2) is 54.7 Å². The van der Waals surface area contributed by atoms with Gasteiger partial charge in [0.15, 0.2) is 0 Å². The van der Waals surface area contributed by atoms with Crippen molar-refractivity contribution in [2.45, 2.75) is 12.8 Å². The second-order valence-corrected chi connectivity index (χ2v) is 6.00. The van der Waals surface area contributed by atoms with Gasteiger partial charge in [-0.3, -0.25) is 9.80 Å². The Balaban J connectivity index is 1.80. The van der Waals surface area contributed by atoms with E-state index in [1.807, 2.05) is 35.3 Å². The number of anilines is 2. The molecule has 0 spiro atoms. The van der Waals surface area contributed by atoms with Crippen molar-refractivity contribution in [2.75, 3.05) is 23.4 Å². The van der Waals surface area contributed by atoms with Gasteiger partial charge in [-0.1, -0.05) is 24.3 Å². The number of fused-ring (bicyclic) bond motifs is 1. The maximum atomic E-state index is 14.3. The molecular weight excluding hydrogens is 305 g/mol. The molecule has 2 heterocycles. The fourth-order valence-corrected chi connectivity index (χ4v) is 3.27. The molecule has 0 atom stereocenters. The first-order valence-electron chi connectivity index (χ1n) is 8.15. The van der Waals surface area contributed by atoms with Gasteiger partial charge in [0.05, 0.1) is 16.9 Å². The molecule has 2 aromatic carbocycles. The summed E-state index contributed by atoms with van der Waals surface area (Å²) in [5.74, 6) is -0.651. The van der Waals surface area contributed by atoms with Gasteiger partial charge in [0, 0.05) is 24.9 Å². The van der Waals surface area contributed by atoms with Gasteiger partial charge < -0.3 is 5.32 Å².